The maximum absolute atomic E-state index is 5.95. The summed E-state index contributed by atoms with van der Waals surface area (Å²) in [6, 6.07) is 14.1. The largest absolute Gasteiger partial charge is 0.364 e. The number of nitrogens with one attached hydrogen (secondary N) is 1. The standard InChI is InChI=1S/C14H13ClN4/c1-10-7-8-12-13(17-14(15)18-19(10)12)16-9-11-5-3-2-4-6-11/h2-8H,9H2,1H3,(H,16,17,18). The van der Waals surface area contributed by atoms with Gasteiger partial charge < -0.3 is 5.32 Å². The topological polar surface area (TPSA) is 42.2 Å². The lowest BCUT2D eigenvalue weighted by Crippen LogP contribution is -2.06. The number of hydrogen-bond donors (Lipinski definition) is 1. The number of halogens is 1. The summed E-state index contributed by atoms with van der Waals surface area (Å²) in [4.78, 5) is 4.25. The maximum Gasteiger partial charge on any atom is 0.243 e. The molecular formula is C14H13ClN4. The quantitative estimate of drug-likeness (QED) is 0.795. The fourth-order valence-corrected chi connectivity index (χ4v) is 2.17. The highest BCUT2D eigenvalue weighted by molar-refractivity contribution is 6.28. The molecule has 2 heterocycles. The zero-order chi connectivity index (χ0) is 13.2. The lowest BCUT2D eigenvalue weighted by molar-refractivity contribution is 0.870. The van der Waals surface area contributed by atoms with E-state index in [4.69, 9.17) is 11.6 Å². The van der Waals surface area contributed by atoms with Crippen LogP contribution < -0.4 is 5.32 Å². The minimum atomic E-state index is 0.238. The summed E-state index contributed by atoms with van der Waals surface area (Å²) in [7, 11) is 0. The van der Waals surface area contributed by atoms with Crippen molar-refractivity contribution in [1.29, 1.82) is 0 Å². The van der Waals surface area contributed by atoms with Crippen LogP contribution in [0.25, 0.3) is 5.52 Å². The van der Waals surface area contributed by atoms with Gasteiger partial charge in [0.15, 0.2) is 5.82 Å². The molecule has 0 amide bonds. The first-order valence-electron chi connectivity index (χ1n) is 6.04. The molecule has 3 rings (SSSR count). The van der Waals surface area contributed by atoms with Crippen LogP contribution in [0.15, 0.2) is 42.5 Å². The Bertz CT molecular complexity index is 706. The summed E-state index contributed by atoms with van der Waals surface area (Å²) >= 11 is 5.95. The molecule has 0 aliphatic heterocycles. The molecule has 0 radical (unpaired) electrons. The lowest BCUT2D eigenvalue weighted by atomic mass is 10.2. The Balaban J connectivity index is 1.92. The predicted octanol–water partition coefficient (Wildman–Crippen LogP) is 3.30. The highest BCUT2D eigenvalue weighted by atomic mass is 35.5. The molecule has 1 aromatic carbocycles. The molecule has 2 aromatic heterocycles. The normalized spacial score (nSPS) is 10.8. The molecule has 0 aliphatic carbocycles. The van der Waals surface area contributed by atoms with Crippen molar-refractivity contribution in [3.8, 4) is 0 Å². The molecule has 0 fully saturated rings. The number of anilines is 1. The molecule has 3 aromatic rings. The second-order valence-corrected chi connectivity index (χ2v) is 4.68. The van der Waals surface area contributed by atoms with E-state index in [9.17, 15) is 0 Å². The van der Waals surface area contributed by atoms with Crippen molar-refractivity contribution in [2.75, 3.05) is 5.32 Å². The molecule has 19 heavy (non-hydrogen) atoms. The van der Waals surface area contributed by atoms with Crippen LogP contribution >= 0.6 is 11.6 Å². The van der Waals surface area contributed by atoms with Crippen LogP contribution in [0.3, 0.4) is 0 Å². The molecule has 0 saturated carbocycles. The number of fused-ring (bicyclic) bond motifs is 1. The van der Waals surface area contributed by atoms with Crippen LogP contribution in [-0.4, -0.2) is 14.6 Å². The Hall–Kier alpha value is -2.07. The monoisotopic (exact) mass is 272 g/mol. The van der Waals surface area contributed by atoms with Gasteiger partial charge in [0.1, 0.15) is 5.52 Å². The summed E-state index contributed by atoms with van der Waals surface area (Å²) in [5.74, 6) is 0.747. The number of aryl methyl sites for hydroxylation is 1. The zero-order valence-electron chi connectivity index (χ0n) is 10.5. The molecule has 0 saturated heterocycles. The van der Waals surface area contributed by atoms with Crippen LogP contribution in [0.1, 0.15) is 11.3 Å². The van der Waals surface area contributed by atoms with E-state index in [0.717, 1.165) is 17.0 Å². The summed E-state index contributed by atoms with van der Waals surface area (Å²) in [5.41, 5.74) is 3.15. The Labute approximate surface area is 116 Å². The highest BCUT2D eigenvalue weighted by Crippen LogP contribution is 2.19. The van der Waals surface area contributed by atoms with Crippen LogP contribution in [0.5, 0.6) is 0 Å². The van der Waals surface area contributed by atoms with E-state index in [1.807, 2.05) is 37.3 Å². The van der Waals surface area contributed by atoms with Gasteiger partial charge in [-0.25, -0.2) is 4.52 Å². The van der Waals surface area contributed by atoms with Gasteiger partial charge in [-0.1, -0.05) is 30.3 Å². The number of aromatic nitrogens is 3. The molecule has 96 valence electrons. The minimum Gasteiger partial charge on any atom is -0.364 e. The molecular weight excluding hydrogens is 260 g/mol. The molecule has 5 heteroatoms. The third-order valence-corrected chi connectivity index (χ3v) is 3.14. The second-order valence-electron chi connectivity index (χ2n) is 4.34. The zero-order valence-corrected chi connectivity index (χ0v) is 11.2. The average Bonchev–Trinajstić information content (AvgIpc) is 2.79. The second kappa shape index (κ2) is 4.90. The van der Waals surface area contributed by atoms with Crippen LogP contribution in [0.2, 0.25) is 5.28 Å². The number of nitrogens with zero attached hydrogens (tertiary/aromatic N) is 3. The molecule has 0 unspecified atom stereocenters. The molecule has 4 nitrogen and oxygen atoms in total. The van der Waals surface area contributed by atoms with Gasteiger partial charge in [0.2, 0.25) is 5.28 Å². The SMILES string of the molecule is Cc1ccc2c(NCc3ccccc3)nc(Cl)nn12. The third-order valence-electron chi connectivity index (χ3n) is 2.98. The van der Waals surface area contributed by atoms with Gasteiger partial charge in [0.05, 0.1) is 0 Å². The van der Waals surface area contributed by atoms with Crippen molar-refractivity contribution in [2.45, 2.75) is 13.5 Å². The number of benzene rings is 1. The van der Waals surface area contributed by atoms with E-state index in [2.05, 4.69) is 27.5 Å². The van der Waals surface area contributed by atoms with E-state index < -0.39 is 0 Å². The van der Waals surface area contributed by atoms with Crippen molar-refractivity contribution in [2.24, 2.45) is 0 Å². The summed E-state index contributed by atoms with van der Waals surface area (Å²) < 4.78 is 1.79. The van der Waals surface area contributed by atoms with Gasteiger partial charge in [-0.2, -0.15) is 4.98 Å². The van der Waals surface area contributed by atoms with Gasteiger partial charge in [-0.05, 0) is 36.2 Å². The van der Waals surface area contributed by atoms with Crippen LogP contribution in [0, 0.1) is 6.92 Å². The smallest absolute Gasteiger partial charge is 0.243 e. The fraction of sp³-hybridized carbons (Fsp3) is 0.143. The van der Waals surface area contributed by atoms with Gasteiger partial charge in [0.25, 0.3) is 0 Å². The average molecular weight is 273 g/mol. The Morgan fingerprint density at radius 1 is 1.16 bits per heavy atom. The first-order valence-corrected chi connectivity index (χ1v) is 6.41. The molecule has 0 aliphatic rings. The fourth-order valence-electron chi connectivity index (χ4n) is 2.01. The maximum atomic E-state index is 5.95. The van der Waals surface area contributed by atoms with Gasteiger partial charge >= 0.3 is 0 Å². The van der Waals surface area contributed by atoms with Crippen molar-refractivity contribution in [3.05, 3.63) is 59.0 Å². The van der Waals surface area contributed by atoms with Crippen molar-refractivity contribution < 1.29 is 0 Å². The minimum absolute atomic E-state index is 0.238. The van der Waals surface area contributed by atoms with Crippen molar-refractivity contribution >= 4 is 22.9 Å². The Morgan fingerprint density at radius 3 is 2.74 bits per heavy atom. The van der Waals surface area contributed by atoms with Crippen LogP contribution in [0.4, 0.5) is 5.82 Å². The summed E-state index contributed by atoms with van der Waals surface area (Å²) in [5, 5.41) is 7.72. The van der Waals surface area contributed by atoms with E-state index >= 15 is 0 Å². The van der Waals surface area contributed by atoms with Gasteiger partial charge in [-0.15, -0.1) is 5.10 Å². The molecule has 0 bridgehead atoms. The highest BCUT2D eigenvalue weighted by Gasteiger charge is 2.08. The van der Waals surface area contributed by atoms with E-state index in [1.165, 1.54) is 5.56 Å². The van der Waals surface area contributed by atoms with Crippen molar-refractivity contribution in [1.82, 2.24) is 14.6 Å². The third kappa shape index (κ3) is 2.39. The van der Waals surface area contributed by atoms with Crippen molar-refractivity contribution in [3.63, 3.8) is 0 Å². The number of hydrogen-bond acceptors (Lipinski definition) is 3. The predicted molar refractivity (Wildman–Crippen MR) is 76.5 cm³/mol. The summed E-state index contributed by atoms with van der Waals surface area (Å²) in [6.45, 7) is 2.69. The van der Waals surface area contributed by atoms with Gasteiger partial charge in [0, 0.05) is 12.2 Å². The first kappa shape index (κ1) is 12.0. The lowest BCUT2D eigenvalue weighted by Gasteiger charge is -2.08. The van der Waals surface area contributed by atoms with E-state index in [-0.39, 0.29) is 5.28 Å². The molecule has 0 atom stereocenters. The summed E-state index contributed by atoms with van der Waals surface area (Å²) in [6.07, 6.45) is 0. The Morgan fingerprint density at radius 2 is 1.95 bits per heavy atom. The Kier molecular flexibility index (Phi) is 3.09. The van der Waals surface area contributed by atoms with E-state index in [0.29, 0.717) is 6.54 Å². The van der Waals surface area contributed by atoms with Gasteiger partial charge in [-0.3, -0.25) is 0 Å². The van der Waals surface area contributed by atoms with Crippen LogP contribution in [-0.2, 0) is 6.54 Å². The van der Waals surface area contributed by atoms with E-state index in [1.54, 1.807) is 4.52 Å². The molecule has 0 spiro atoms. The first-order chi connectivity index (χ1) is 9.24. The number of rotatable bonds is 3. The molecule has 1 N–H and O–H groups in total.